The summed E-state index contributed by atoms with van der Waals surface area (Å²) in [6.45, 7) is 15.1. The third-order valence-electron chi connectivity index (χ3n) is 12.4. The van der Waals surface area contributed by atoms with E-state index in [1.807, 2.05) is 13.8 Å². The van der Waals surface area contributed by atoms with E-state index in [0.717, 1.165) is 44.1 Å². The molecule has 5 fully saturated rings. The molecular weight excluding hydrogens is 480 g/mol. The predicted molar refractivity (Wildman–Crippen MR) is 143 cm³/mol. The number of fused-ring (bicyclic) bond motifs is 6. The molecule has 2 aliphatic heterocycles. The maximum absolute atomic E-state index is 13.8. The predicted octanol–water partition coefficient (Wildman–Crippen LogP) is 5.46. The van der Waals surface area contributed by atoms with Crippen LogP contribution in [0.2, 0.25) is 0 Å². The fourth-order valence-corrected chi connectivity index (χ4v) is 10.7. The van der Waals surface area contributed by atoms with Crippen molar-refractivity contribution in [2.24, 2.45) is 52.3 Å². The SMILES string of the molecule is CC(C)C1=CC(=O)O[C@H]1[C@H](O)[C@@H](C)[C@H]1CC[C@H]2[C@@H]3CC(=O)[C@H]4C[C@@H]5OC(C)(C)O[C@@H]5C[C@]4(C)[C@H]3CC[C@]12C. The van der Waals surface area contributed by atoms with E-state index < -0.39 is 18.0 Å². The number of hydrogen-bond acceptors (Lipinski definition) is 6. The number of carbonyl (C=O) groups is 2. The van der Waals surface area contributed by atoms with Crippen LogP contribution in [0.5, 0.6) is 0 Å². The molecule has 1 N–H and O–H groups in total. The summed E-state index contributed by atoms with van der Waals surface area (Å²) in [4.78, 5) is 25.9. The second kappa shape index (κ2) is 8.88. The minimum Gasteiger partial charge on any atom is -0.452 e. The third-order valence-corrected chi connectivity index (χ3v) is 12.4. The molecule has 0 aromatic heterocycles. The first-order valence-corrected chi connectivity index (χ1v) is 15.2. The number of Topliss-reactive ketones (excluding diaryl/α,β-unsaturated/α-hetero) is 1. The van der Waals surface area contributed by atoms with Crippen LogP contribution in [0.1, 0.15) is 93.4 Å². The Labute approximate surface area is 228 Å². The lowest BCUT2D eigenvalue weighted by Gasteiger charge is -2.61. The summed E-state index contributed by atoms with van der Waals surface area (Å²) in [6.07, 6.45) is 7.29. The van der Waals surface area contributed by atoms with Crippen LogP contribution < -0.4 is 0 Å². The molecule has 0 aromatic rings. The normalized spacial score (nSPS) is 49.0. The number of aliphatic hydroxyl groups is 1. The summed E-state index contributed by atoms with van der Waals surface area (Å²) in [6, 6.07) is 0. The van der Waals surface area contributed by atoms with Gasteiger partial charge in [-0.15, -0.1) is 0 Å². The Morgan fingerprint density at radius 1 is 0.947 bits per heavy atom. The molecule has 4 aliphatic carbocycles. The first kappa shape index (κ1) is 27.0. The van der Waals surface area contributed by atoms with Gasteiger partial charge in [-0.05, 0) is 104 Å². The van der Waals surface area contributed by atoms with Crippen molar-refractivity contribution in [2.45, 2.75) is 124 Å². The highest BCUT2D eigenvalue weighted by atomic mass is 16.8. The van der Waals surface area contributed by atoms with Gasteiger partial charge in [0.1, 0.15) is 5.78 Å². The van der Waals surface area contributed by atoms with Gasteiger partial charge in [-0.3, -0.25) is 4.79 Å². The number of carbonyl (C=O) groups excluding carboxylic acids is 2. The zero-order valence-corrected chi connectivity index (χ0v) is 24.4. The lowest BCUT2D eigenvalue weighted by atomic mass is 9.44. The largest absolute Gasteiger partial charge is 0.452 e. The molecule has 38 heavy (non-hydrogen) atoms. The van der Waals surface area contributed by atoms with Crippen LogP contribution in [0.4, 0.5) is 0 Å². The number of esters is 1. The van der Waals surface area contributed by atoms with Crippen molar-refractivity contribution in [3.8, 4) is 0 Å². The van der Waals surface area contributed by atoms with Gasteiger partial charge in [0, 0.05) is 18.4 Å². The number of ether oxygens (including phenoxy) is 3. The van der Waals surface area contributed by atoms with E-state index >= 15 is 0 Å². The fourth-order valence-electron chi connectivity index (χ4n) is 10.7. The van der Waals surface area contributed by atoms with Gasteiger partial charge in [-0.25, -0.2) is 4.79 Å². The highest BCUT2D eigenvalue weighted by molar-refractivity contribution is 5.86. The molecule has 0 aromatic carbocycles. The van der Waals surface area contributed by atoms with Gasteiger partial charge in [0.2, 0.25) is 0 Å². The lowest BCUT2D eigenvalue weighted by molar-refractivity contribution is -0.165. The molecule has 2 heterocycles. The molecule has 1 saturated heterocycles. The molecule has 0 amide bonds. The third kappa shape index (κ3) is 3.90. The van der Waals surface area contributed by atoms with Gasteiger partial charge in [-0.2, -0.15) is 0 Å². The van der Waals surface area contributed by atoms with Crippen molar-refractivity contribution in [1.82, 2.24) is 0 Å². The Bertz CT molecular complexity index is 1030. The quantitative estimate of drug-likeness (QED) is 0.488. The lowest BCUT2D eigenvalue weighted by Crippen LogP contribution is -2.59. The average molecular weight is 529 g/mol. The van der Waals surface area contributed by atoms with Crippen LogP contribution in [-0.4, -0.2) is 47.1 Å². The van der Waals surface area contributed by atoms with Crippen LogP contribution in [-0.2, 0) is 23.8 Å². The minimum absolute atomic E-state index is 0.0175. The number of aliphatic hydroxyl groups excluding tert-OH is 1. The van der Waals surface area contributed by atoms with Crippen molar-refractivity contribution in [3.05, 3.63) is 11.6 Å². The molecule has 4 saturated carbocycles. The number of cyclic esters (lactones) is 1. The monoisotopic (exact) mass is 528 g/mol. The first-order valence-electron chi connectivity index (χ1n) is 15.2. The highest BCUT2D eigenvalue weighted by Crippen LogP contribution is 2.68. The summed E-state index contributed by atoms with van der Waals surface area (Å²) in [5, 5.41) is 11.5. The van der Waals surface area contributed by atoms with Crippen molar-refractivity contribution in [2.75, 3.05) is 0 Å². The topological polar surface area (TPSA) is 82.1 Å². The van der Waals surface area contributed by atoms with Crippen molar-refractivity contribution < 1.29 is 28.9 Å². The van der Waals surface area contributed by atoms with Gasteiger partial charge in [0.05, 0.1) is 18.3 Å². The van der Waals surface area contributed by atoms with E-state index in [4.69, 9.17) is 14.2 Å². The zero-order chi connectivity index (χ0) is 27.4. The van der Waals surface area contributed by atoms with Crippen LogP contribution >= 0.6 is 0 Å². The van der Waals surface area contributed by atoms with E-state index in [1.165, 1.54) is 0 Å². The summed E-state index contributed by atoms with van der Waals surface area (Å²) in [5.41, 5.74) is 0.956. The van der Waals surface area contributed by atoms with Gasteiger partial charge >= 0.3 is 5.97 Å². The standard InChI is InChI=1S/C32H48O6/c1-16(2)18-13-27(34)36-29(18)28(35)17(3)20-8-9-21-19-12-24(33)23-14-25-26(38-30(4,5)37-25)15-32(23,7)22(19)10-11-31(20,21)6/h13,16-17,19-23,25-26,28-29,35H,8-12,14-15H2,1-7H3/t17-,19-,20+,21-,22-,23+,25-,26+,28+,29+,31+,32+/m0/s1. The summed E-state index contributed by atoms with van der Waals surface area (Å²) in [5.74, 6) is 1.55. The Morgan fingerprint density at radius 2 is 1.63 bits per heavy atom. The Morgan fingerprint density at radius 3 is 2.34 bits per heavy atom. The number of rotatable bonds is 4. The van der Waals surface area contributed by atoms with Gasteiger partial charge < -0.3 is 19.3 Å². The first-order chi connectivity index (χ1) is 17.7. The molecule has 6 heteroatoms. The number of ketones is 1. The summed E-state index contributed by atoms with van der Waals surface area (Å²) in [7, 11) is 0. The molecular formula is C32H48O6. The maximum atomic E-state index is 13.8. The summed E-state index contributed by atoms with van der Waals surface area (Å²) >= 11 is 0. The average Bonchev–Trinajstić information content (AvgIpc) is 3.47. The molecule has 12 atom stereocenters. The maximum Gasteiger partial charge on any atom is 0.331 e. The van der Waals surface area contributed by atoms with E-state index in [0.29, 0.717) is 35.9 Å². The number of hydrogen-bond donors (Lipinski definition) is 1. The van der Waals surface area contributed by atoms with E-state index in [2.05, 4.69) is 34.6 Å². The Hall–Kier alpha value is -1.24. The highest BCUT2D eigenvalue weighted by Gasteiger charge is 2.65. The molecule has 212 valence electrons. The van der Waals surface area contributed by atoms with Crippen molar-refractivity contribution in [3.63, 3.8) is 0 Å². The van der Waals surface area contributed by atoms with Crippen LogP contribution in [0.25, 0.3) is 0 Å². The smallest absolute Gasteiger partial charge is 0.331 e. The fraction of sp³-hybridized carbons (Fsp3) is 0.875. The summed E-state index contributed by atoms with van der Waals surface area (Å²) < 4.78 is 18.2. The second-order valence-corrected chi connectivity index (χ2v) is 15.0. The van der Waals surface area contributed by atoms with Gasteiger partial charge in [-0.1, -0.05) is 34.6 Å². The van der Waals surface area contributed by atoms with Crippen molar-refractivity contribution >= 4 is 11.8 Å². The van der Waals surface area contributed by atoms with Crippen molar-refractivity contribution in [1.29, 1.82) is 0 Å². The molecule has 0 unspecified atom stereocenters. The van der Waals surface area contributed by atoms with Gasteiger partial charge in [0.15, 0.2) is 11.9 Å². The van der Waals surface area contributed by atoms with Crippen LogP contribution in [0.3, 0.4) is 0 Å². The van der Waals surface area contributed by atoms with Crippen LogP contribution in [0, 0.1) is 52.3 Å². The van der Waals surface area contributed by atoms with Crippen LogP contribution in [0.15, 0.2) is 11.6 Å². The molecule has 6 aliphatic rings. The van der Waals surface area contributed by atoms with E-state index in [-0.39, 0.29) is 46.8 Å². The molecule has 0 radical (unpaired) electrons. The Balaban J connectivity index is 1.23. The van der Waals surface area contributed by atoms with Gasteiger partial charge in [0.25, 0.3) is 0 Å². The molecule has 6 nitrogen and oxygen atoms in total. The minimum atomic E-state index is -0.707. The molecule has 6 rings (SSSR count). The van der Waals surface area contributed by atoms with E-state index in [9.17, 15) is 14.7 Å². The molecule has 0 spiro atoms. The van der Waals surface area contributed by atoms with E-state index in [1.54, 1.807) is 6.08 Å². The second-order valence-electron chi connectivity index (χ2n) is 15.0. The Kier molecular flexibility index (Phi) is 6.30. The zero-order valence-electron chi connectivity index (χ0n) is 24.4. The molecule has 0 bridgehead atoms.